The first-order chi connectivity index (χ1) is 16.6. The zero-order valence-electron chi connectivity index (χ0n) is 20.9. The second-order valence-electron chi connectivity index (χ2n) is 7.76. The Morgan fingerprint density at radius 3 is 0.618 bits per heavy atom. The number of hydrogen-bond donors (Lipinski definition) is 0. The van der Waals surface area contributed by atoms with Crippen molar-refractivity contribution < 1.29 is 0 Å². The van der Waals surface area contributed by atoms with Crippen LogP contribution in [0.2, 0.25) is 0 Å². The van der Waals surface area contributed by atoms with Crippen molar-refractivity contribution in [2.45, 2.75) is 0 Å². The summed E-state index contributed by atoms with van der Waals surface area (Å²) < 4.78 is 0. The molecule has 0 saturated carbocycles. The molecule has 0 heterocycles. The first kappa shape index (κ1) is 28.4. The monoisotopic (exact) mass is 458 g/mol. The van der Waals surface area contributed by atoms with Gasteiger partial charge in [-0.15, -0.1) is 52.6 Å². The smallest absolute Gasteiger partial charge is 0.0632 e. The standard InChI is InChI=1S/C30H42N4/c1-9-17-31(18-10-2)27-25-29(33(21-13-5)22-14-6)30(34(23-15-7)24-16-8)26-28(27)32(19-11-3)20-12-4/h9-16,25-26H,1-8,17-24H2. The molecule has 0 aliphatic rings. The van der Waals surface area contributed by atoms with E-state index in [1.807, 2.05) is 48.6 Å². The van der Waals surface area contributed by atoms with Gasteiger partial charge in [0.1, 0.15) is 0 Å². The van der Waals surface area contributed by atoms with E-state index in [1.54, 1.807) is 0 Å². The van der Waals surface area contributed by atoms with Crippen molar-refractivity contribution in [1.82, 2.24) is 0 Å². The van der Waals surface area contributed by atoms with E-state index in [2.05, 4.69) is 84.4 Å². The predicted molar refractivity (Wildman–Crippen MR) is 157 cm³/mol. The molecule has 0 aliphatic carbocycles. The van der Waals surface area contributed by atoms with E-state index in [1.165, 1.54) is 0 Å². The minimum atomic E-state index is 0.694. The molecule has 4 nitrogen and oxygen atoms in total. The Labute approximate surface area is 208 Å². The highest BCUT2D eigenvalue weighted by Crippen LogP contribution is 2.41. The molecule has 0 aromatic heterocycles. The Morgan fingerprint density at radius 2 is 0.500 bits per heavy atom. The summed E-state index contributed by atoms with van der Waals surface area (Å²) in [5.74, 6) is 0. The topological polar surface area (TPSA) is 13.0 Å². The fraction of sp³-hybridized carbons (Fsp3) is 0.267. The molecular weight excluding hydrogens is 416 g/mol. The van der Waals surface area contributed by atoms with Crippen LogP contribution in [0.4, 0.5) is 22.7 Å². The molecule has 1 rings (SSSR count). The van der Waals surface area contributed by atoms with Gasteiger partial charge in [-0.1, -0.05) is 48.6 Å². The number of anilines is 4. The van der Waals surface area contributed by atoms with Gasteiger partial charge in [-0.25, -0.2) is 0 Å². The van der Waals surface area contributed by atoms with Crippen LogP contribution in [0.25, 0.3) is 0 Å². The summed E-state index contributed by atoms with van der Waals surface area (Å²) in [7, 11) is 0. The number of nitrogens with zero attached hydrogens (tertiary/aromatic N) is 4. The molecule has 0 aliphatic heterocycles. The van der Waals surface area contributed by atoms with E-state index in [0.29, 0.717) is 52.4 Å². The molecule has 0 spiro atoms. The van der Waals surface area contributed by atoms with Gasteiger partial charge in [0.2, 0.25) is 0 Å². The van der Waals surface area contributed by atoms with Crippen LogP contribution in [0, 0.1) is 0 Å². The molecule has 0 saturated heterocycles. The molecule has 0 bridgehead atoms. The van der Waals surface area contributed by atoms with E-state index in [0.717, 1.165) is 22.7 Å². The molecule has 0 radical (unpaired) electrons. The van der Waals surface area contributed by atoms with Crippen LogP contribution in [-0.2, 0) is 0 Å². The number of rotatable bonds is 20. The summed E-state index contributed by atoms with van der Waals surface area (Å²) in [6.45, 7) is 37.4. The lowest BCUT2D eigenvalue weighted by atomic mass is 10.1. The van der Waals surface area contributed by atoms with Crippen LogP contribution in [0.3, 0.4) is 0 Å². The minimum absolute atomic E-state index is 0.694. The van der Waals surface area contributed by atoms with Crippen LogP contribution in [0.15, 0.2) is 113 Å². The number of hydrogen-bond acceptors (Lipinski definition) is 4. The average Bonchev–Trinajstić information content (AvgIpc) is 2.83. The maximum Gasteiger partial charge on any atom is 0.0632 e. The first-order valence-corrected chi connectivity index (χ1v) is 11.6. The van der Waals surface area contributed by atoms with Crippen molar-refractivity contribution in [2.24, 2.45) is 0 Å². The Hall–Kier alpha value is -3.66. The second kappa shape index (κ2) is 16.0. The first-order valence-electron chi connectivity index (χ1n) is 11.6. The second-order valence-corrected chi connectivity index (χ2v) is 7.76. The highest BCUT2D eigenvalue weighted by Gasteiger charge is 2.22. The van der Waals surface area contributed by atoms with Crippen LogP contribution >= 0.6 is 0 Å². The molecule has 0 amide bonds. The van der Waals surface area contributed by atoms with Gasteiger partial charge in [0.25, 0.3) is 0 Å². The Balaban J connectivity index is 4.04. The normalized spacial score (nSPS) is 9.88. The molecule has 182 valence electrons. The lowest BCUT2D eigenvalue weighted by molar-refractivity contribution is 0.892. The fourth-order valence-electron chi connectivity index (χ4n) is 3.90. The third-order valence-corrected chi connectivity index (χ3v) is 5.23. The zero-order chi connectivity index (χ0) is 25.3. The van der Waals surface area contributed by atoms with Crippen LogP contribution in [0.1, 0.15) is 0 Å². The van der Waals surface area contributed by atoms with Crippen molar-refractivity contribution in [2.75, 3.05) is 72.0 Å². The van der Waals surface area contributed by atoms with Crippen LogP contribution in [-0.4, -0.2) is 52.4 Å². The summed E-state index contributed by atoms with van der Waals surface area (Å²) in [5.41, 5.74) is 4.38. The summed E-state index contributed by atoms with van der Waals surface area (Å²) >= 11 is 0. The van der Waals surface area contributed by atoms with E-state index in [4.69, 9.17) is 0 Å². The fourth-order valence-corrected chi connectivity index (χ4v) is 3.90. The van der Waals surface area contributed by atoms with Gasteiger partial charge >= 0.3 is 0 Å². The van der Waals surface area contributed by atoms with Crippen LogP contribution in [0.5, 0.6) is 0 Å². The van der Waals surface area contributed by atoms with Gasteiger partial charge in [-0.2, -0.15) is 0 Å². The van der Waals surface area contributed by atoms with Gasteiger partial charge in [-0.05, 0) is 12.1 Å². The molecule has 1 aromatic carbocycles. The summed E-state index contributed by atoms with van der Waals surface area (Å²) in [4.78, 5) is 9.08. The maximum absolute atomic E-state index is 3.98. The number of benzene rings is 1. The molecule has 1 aromatic rings. The van der Waals surface area contributed by atoms with Gasteiger partial charge < -0.3 is 19.6 Å². The van der Waals surface area contributed by atoms with E-state index >= 15 is 0 Å². The van der Waals surface area contributed by atoms with E-state index in [-0.39, 0.29) is 0 Å². The Kier molecular flexibility index (Phi) is 13.4. The molecule has 34 heavy (non-hydrogen) atoms. The molecular formula is C30H42N4. The van der Waals surface area contributed by atoms with Crippen molar-refractivity contribution in [3.63, 3.8) is 0 Å². The molecule has 4 heteroatoms. The highest BCUT2D eigenvalue weighted by atomic mass is 15.2. The van der Waals surface area contributed by atoms with Crippen molar-refractivity contribution in [3.05, 3.63) is 113 Å². The van der Waals surface area contributed by atoms with Crippen molar-refractivity contribution in [1.29, 1.82) is 0 Å². The maximum atomic E-state index is 3.98. The summed E-state index contributed by atoms with van der Waals surface area (Å²) in [6, 6.07) is 4.51. The van der Waals surface area contributed by atoms with Gasteiger partial charge in [-0.3, -0.25) is 0 Å². The Morgan fingerprint density at radius 1 is 0.353 bits per heavy atom. The SMILES string of the molecule is C=CCN(CC=C)c1cc(N(CC=C)CC=C)c(N(CC=C)CC=C)cc1N(CC=C)CC=C. The van der Waals surface area contributed by atoms with Gasteiger partial charge in [0.15, 0.2) is 0 Å². The quantitative estimate of drug-likeness (QED) is 0.210. The predicted octanol–water partition coefficient (Wildman–Crippen LogP) is 6.40. The Bertz CT molecular complexity index is 689. The van der Waals surface area contributed by atoms with Crippen molar-refractivity contribution >= 4 is 22.7 Å². The minimum Gasteiger partial charge on any atom is -0.362 e. The van der Waals surface area contributed by atoms with E-state index in [9.17, 15) is 0 Å². The summed E-state index contributed by atoms with van der Waals surface area (Å²) in [6.07, 6.45) is 15.3. The lowest BCUT2D eigenvalue weighted by Crippen LogP contribution is -2.33. The van der Waals surface area contributed by atoms with Gasteiger partial charge in [0.05, 0.1) is 22.7 Å². The lowest BCUT2D eigenvalue weighted by Gasteiger charge is -2.36. The summed E-state index contributed by atoms with van der Waals surface area (Å²) in [5, 5.41) is 0. The molecule has 0 unspecified atom stereocenters. The molecule has 0 atom stereocenters. The third-order valence-electron chi connectivity index (χ3n) is 5.23. The molecule has 0 fully saturated rings. The van der Waals surface area contributed by atoms with Crippen LogP contribution < -0.4 is 19.6 Å². The largest absolute Gasteiger partial charge is 0.362 e. The zero-order valence-corrected chi connectivity index (χ0v) is 20.9. The highest BCUT2D eigenvalue weighted by molar-refractivity contribution is 5.87. The van der Waals surface area contributed by atoms with Gasteiger partial charge in [0, 0.05) is 52.4 Å². The molecule has 0 N–H and O–H groups in total. The third kappa shape index (κ3) is 7.73. The average molecular weight is 459 g/mol. The van der Waals surface area contributed by atoms with Crippen molar-refractivity contribution in [3.8, 4) is 0 Å². The van der Waals surface area contributed by atoms with E-state index < -0.39 is 0 Å².